The molecule has 0 aliphatic carbocycles. The molecule has 0 aromatic rings. The molecule has 0 saturated carbocycles. The molecule has 1 aliphatic heterocycles. The van der Waals surface area contributed by atoms with Gasteiger partial charge in [0.15, 0.2) is 0 Å². The molecule has 6 nitrogen and oxygen atoms in total. The molecule has 20 heavy (non-hydrogen) atoms. The summed E-state index contributed by atoms with van der Waals surface area (Å²) < 4.78 is 0. The van der Waals surface area contributed by atoms with E-state index in [1.165, 1.54) is 12.8 Å². The summed E-state index contributed by atoms with van der Waals surface area (Å²) in [6.45, 7) is 8.09. The van der Waals surface area contributed by atoms with E-state index in [0.29, 0.717) is 0 Å². The molecular formula is C14H30N4O2. The number of nitrogens with zero attached hydrogens (tertiary/aromatic N) is 3. The fraction of sp³-hybridized carbons (Fsp3) is 0.929. The molecule has 1 rings (SSSR count). The lowest BCUT2D eigenvalue weighted by Crippen LogP contribution is -2.39. The summed E-state index contributed by atoms with van der Waals surface area (Å²) >= 11 is 0. The third kappa shape index (κ3) is 7.79. The molecule has 0 unspecified atom stereocenters. The van der Waals surface area contributed by atoms with Crippen LogP contribution in [-0.4, -0.2) is 98.8 Å². The topological polar surface area (TPSA) is 59.0 Å². The van der Waals surface area contributed by atoms with Gasteiger partial charge in [0.25, 0.3) is 0 Å². The maximum Gasteiger partial charge on any atom is 0.317 e. The Morgan fingerprint density at radius 1 is 1.05 bits per heavy atom. The van der Waals surface area contributed by atoms with Gasteiger partial charge in [-0.1, -0.05) is 0 Å². The van der Waals surface area contributed by atoms with E-state index in [9.17, 15) is 4.79 Å². The van der Waals surface area contributed by atoms with Gasteiger partial charge >= 0.3 is 5.97 Å². The van der Waals surface area contributed by atoms with Gasteiger partial charge in [0.1, 0.15) is 0 Å². The Bertz CT molecular complexity index is 276. The highest BCUT2D eigenvalue weighted by molar-refractivity contribution is 5.69. The summed E-state index contributed by atoms with van der Waals surface area (Å²) in [6.07, 6.45) is 2.39. The molecule has 0 bridgehead atoms. The van der Waals surface area contributed by atoms with Crippen molar-refractivity contribution in [2.75, 3.05) is 73.0 Å². The van der Waals surface area contributed by atoms with Crippen molar-refractivity contribution in [3.05, 3.63) is 0 Å². The largest absolute Gasteiger partial charge is 0.480 e. The number of carbonyl (C=O) groups is 1. The lowest BCUT2D eigenvalue weighted by Gasteiger charge is -2.24. The van der Waals surface area contributed by atoms with Gasteiger partial charge in [-0.05, 0) is 40.0 Å². The van der Waals surface area contributed by atoms with Crippen LogP contribution in [0, 0.1) is 0 Å². The van der Waals surface area contributed by atoms with Crippen LogP contribution in [0.1, 0.15) is 12.8 Å². The van der Waals surface area contributed by atoms with E-state index in [2.05, 4.69) is 22.2 Å². The van der Waals surface area contributed by atoms with Crippen molar-refractivity contribution in [1.82, 2.24) is 20.0 Å². The predicted octanol–water partition coefficient (Wildman–Crippen LogP) is -0.380. The van der Waals surface area contributed by atoms with Crippen LogP contribution in [-0.2, 0) is 4.79 Å². The van der Waals surface area contributed by atoms with Crippen molar-refractivity contribution in [3.8, 4) is 0 Å². The molecule has 1 heterocycles. The van der Waals surface area contributed by atoms with Gasteiger partial charge in [-0.3, -0.25) is 9.69 Å². The van der Waals surface area contributed by atoms with E-state index in [1.807, 2.05) is 11.9 Å². The Balaban J connectivity index is 2.39. The van der Waals surface area contributed by atoms with E-state index in [-0.39, 0.29) is 6.54 Å². The zero-order chi connectivity index (χ0) is 14.8. The number of hydrogen-bond acceptors (Lipinski definition) is 5. The fourth-order valence-electron chi connectivity index (χ4n) is 2.45. The molecule has 118 valence electrons. The maximum atomic E-state index is 10.9. The van der Waals surface area contributed by atoms with Crippen molar-refractivity contribution in [2.24, 2.45) is 0 Å². The number of hydrogen-bond donors (Lipinski definition) is 2. The number of carboxylic acid groups (broad SMARTS) is 1. The number of unbranched alkanes of at least 4 members (excludes halogenated alkanes) is 1. The predicted molar refractivity (Wildman–Crippen MR) is 81.2 cm³/mol. The fourth-order valence-corrected chi connectivity index (χ4v) is 2.45. The first-order valence-corrected chi connectivity index (χ1v) is 7.61. The van der Waals surface area contributed by atoms with E-state index >= 15 is 0 Å². The minimum atomic E-state index is -0.729. The summed E-state index contributed by atoms with van der Waals surface area (Å²) in [6, 6.07) is 0. The molecule has 1 fully saturated rings. The van der Waals surface area contributed by atoms with Crippen LogP contribution in [0.2, 0.25) is 0 Å². The summed E-state index contributed by atoms with van der Waals surface area (Å²) in [5.41, 5.74) is 0. The monoisotopic (exact) mass is 286 g/mol. The molecule has 0 radical (unpaired) electrons. The van der Waals surface area contributed by atoms with E-state index in [1.54, 1.807) is 0 Å². The Kier molecular flexibility index (Phi) is 8.77. The van der Waals surface area contributed by atoms with Crippen molar-refractivity contribution in [3.63, 3.8) is 0 Å². The molecule has 0 atom stereocenters. The summed E-state index contributed by atoms with van der Waals surface area (Å²) in [5, 5.41) is 12.1. The first-order chi connectivity index (χ1) is 9.61. The van der Waals surface area contributed by atoms with Crippen LogP contribution >= 0.6 is 0 Å². The summed E-state index contributed by atoms with van der Waals surface area (Å²) in [7, 11) is 4.10. The third-order valence-corrected chi connectivity index (χ3v) is 3.84. The maximum absolute atomic E-state index is 10.9. The van der Waals surface area contributed by atoms with Crippen LogP contribution in [0.4, 0.5) is 0 Å². The van der Waals surface area contributed by atoms with E-state index in [4.69, 9.17) is 5.11 Å². The minimum Gasteiger partial charge on any atom is -0.480 e. The highest BCUT2D eigenvalue weighted by Gasteiger charge is 2.15. The van der Waals surface area contributed by atoms with Crippen LogP contribution in [0.5, 0.6) is 0 Å². The number of likely N-dealkylation sites (N-methyl/N-ethyl adjacent to an activating group) is 1. The normalized spacial score (nSPS) is 20.3. The van der Waals surface area contributed by atoms with Gasteiger partial charge in [0, 0.05) is 39.3 Å². The summed E-state index contributed by atoms with van der Waals surface area (Å²) in [5.74, 6) is -0.729. The zero-order valence-corrected chi connectivity index (χ0v) is 13.0. The molecule has 0 aromatic carbocycles. The van der Waals surface area contributed by atoms with Crippen LogP contribution in [0.15, 0.2) is 0 Å². The van der Waals surface area contributed by atoms with Gasteiger partial charge in [-0.25, -0.2) is 0 Å². The standard InChI is InChI=1S/C14H30N4O2/c1-15-5-3-4-6-17-9-7-16(2)8-10-18(12-11-17)13-14(19)20/h15H,3-13H2,1-2H3,(H,19,20). The lowest BCUT2D eigenvalue weighted by molar-refractivity contribution is -0.138. The first-order valence-electron chi connectivity index (χ1n) is 7.61. The van der Waals surface area contributed by atoms with Crippen molar-refractivity contribution in [2.45, 2.75) is 12.8 Å². The second-order valence-electron chi connectivity index (χ2n) is 5.63. The Labute approximate surface area is 122 Å². The van der Waals surface area contributed by atoms with E-state index < -0.39 is 5.97 Å². The Morgan fingerprint density at radius 2 is 1.65 bits per heavy atom. The molecule has 2 N–H and O–H groups in total. The third-order valence-electron chi connectivity index (χ3n) is 3.84. The van der Waals surface area contributed by atoms with Crippen molar-refractivity contribution >= 4 is 5.97 Å². The molecule has 0 aromatic heterocycles. The SMILES string of the molecule is CNCCCCN1CCN(C)CCN(CC(=O)O)CC1. The average Bonchev–Trinajstić information content (AvgIpc) is 2.48. The van der Waals surface area contributed by atoms with Gasteiger partial charge in [-0.2, -0.15) is 0 Å². The molecular weight excluding hydrogens is 256 g/mol. The van der Waals surface area contributed by atoms with Gasteiger partial charge < -0.3 is 20.2 Å². The quantitative estimate of drug-likeness (QED) is 0.622. The van der Waals surface area contributed by atoms with E-state index in [0.717, 1.165) is 52.4 Å². The zero-order valence-electron chi connectivity index (χ0n) is 13.0. The highest BCUT2D eigenvalue weighted by Crippen LogP contribution is 2.01. The molecule has 6 heteroatoms. The molecule has 1 saturated heterocycles. The van der Waals surface area contributed by atoms with Gasteiger partial charge in [0.05, 0.1) is 6.54 Å². The van der Waals surface area contributed by atoms with Crippen molar-refractivity contribution in [1.29, 1.82) is 0 Å². The molecule has 0 amide bonds. The molecule has 0 spiro atoms. The minimum absolute atomic E-state index is 0.154. The number of carboxylic acids is 1. The second-order valence-corrected chi connectivity index (χ2v) is 5.63. The number of nitrogens with one attached hydrogen (secondary N) is 1. The summed E-state index contributed by atoms with van der Waals surface area (Å²) in [4.78, 5) is 17.7. The number of rotatable bonds is 7. The number of aliphatic carboxylic acids is 1. The highest BCUT2D eigenvalue weighted by atomic mass is 16.4. The first kappa shape index (κ1) is 17.4. The second kappa shape index (κ2) is 10.1. The van der Waals surface area contributed by atoms with Crippen molar-refractivity contribution < 1.29 is 9.90 Å². The van der Waals surface area contributed by atoms with Gasteiger partial charge in [-0.15, -0.1) is 0 Å². The van der Waals surface area contributed by atoms with Crippen LogP contribution in [0.25, 0.3) is 0 Å². The Morgan fingerprint density at radius 3 is 2.30 bits per heavy atom. The Hall–Kier alpha value is -0.690. The molecule has 1 aliphatic rings. The smallest absolute Gasteiger partial charge is 0.317 e. The lowest BCUT2D eigenvalue weighted by atomic mass is 10.3. The van der Waals surface area contributed by atoms with Gasteiger partial charge in [0.2, 0.25) is 0 Å². The van der Waals surface area contributed by atoms with Crippen LogP contribution < -0.4 is 5.32 Å². The average molecular weight is 286 g/mol. The van der Waals surface area contributed by atoms with Crippen LogP contribution in [0.3, 0.4) is 0 Å².